The number of ether oxygens (including phenoxy) is 2. The van der Waals surface area contributed by atoms with Gasteiger partial charge in [0, 0.05) is 22.6 Å². The highest BCUT2D eigenvalue weighted by Gasteiger charge is 2.16. The lowest BCUT2D eigenvalue weighted by atomic mass is 9.99. The fourth-order valence-corrected chi connectivity index (χ4v) is 5.40. The lowest BCUT2D eigenvalue weighted by Gasteiger charge is -2.14. The molecular weight excluding hydrogens is 535 g/mol. The van der Waals surface area contributed by atoms with Crippen LogP contribution >= 0.6 is 34.5 Å². The molecule has 37 heavy (non-hydrogen) atoms. The highest BCUT2D eigenvalue weighted by Crippen LogP contribution is 2.38. The molecule has 0 aliphatic rings. The monoisotopic (exact) mass is 556 g/mol. The SMILES string of the molecule is Cc1c(COc2cc(O)c(C=O)cc2Cl)cccc1-c1scc(COc2cc(O)c(C=O)cc2Cl)c1C. The van der Waals surface area contributed by atoms with Crippen LogP contribution in [0.3, 0.4) is 0 Å². The number of carbonyl (C=O) groups excluding carboxylic acids is 2. The minimum Gasteiger partial charge on any atom is -0.507 e. The molecule has 0 atom stereocenters. The van der Waals surface area contributed by atoms with E-state index < -0.39 is 0 Å². The molecule has 190 valence electrons. The Bertz CT molecular complexity index is 1490. The Kier molecular flexibility index (Phi) is 8.07. The predicted octanol–water partition coefficient (Wildman–Crippen LogP) is 7.53. The third-order valence-corrected chi connectivity index (χ3v) is 7.77. The molecule has 4 rings (SSSR count). The van der Waals surface area contributed by atoms with E-state index in [1.165, 1.54) is 24.3 Å². The summed E-state index contributed by atoms with van der Waals surface area (Å²) in [6.07, 6.45) is 1.06. The zero-order valence-electron chi connectivity index (χ0n) is 19.9. The second-order valence-electron chi connectivity index (χ2n) is 8.30. The molecule has 0 aliphatic heterocycles. The summed E-state index contributed by atoms with van der Waals surface area (Å²) >= 11 is 14.0. The number of thiophene rings is 1. The Morgan fingerprint density at radius 1 is 0.811 bits per heavy atom. The number of hydrogen-bond donors (Lipinski definition) is 2. The summed E-state index contributed by atoms with van der Waals surface area (Å²) in [6, 6.07) is 11.3. The number of halogens is 2. The van der Waals surface area contributed by atoms with Gasteiger partial charge in [0.2, 0.25) is 0 Å². The average Bonchev–Trinajstić information content (AvgIpc) is 3.24. The average molecular weight is 557 g/mol. The van der Waals surface area contributed by atoms with Gasteiger partial charge in [-0.05, 0) is 53.6 Å². The summed E-state index contributed by atoms with van der Waals surface area (Å²) < 4.78 is 11.7. The van der Waals surface area contributed by atoms with Crippen molar-refractivity contribution in [2.75, 3.05) is 0 Å². The minimum atomic E-state index is -0.194. The fraction of sp³-hybridized carbons (Fsp3) is 0.143. The summed E-state index contributed by atoms with van der Waals surface area (Å²) in [5.74, 6) is 0.188. The van der Waals surface area contributed by atoms with E-state index in [-0.39, 0.29) is 57.4 Å². The van der Waals surface area contributed by atoms with Gasteiger partial charge in [0.25, 0.3) is 0 Å². The van der Waals surface area contributed by atoms with Gasteiger partial charge in [0.15, 0.2) is 12.6 Å². The van der Waals surface area contributed by atoms with Gasteiger partial charge in [0.1, 0.15) is 36.2 Å². The summed E-state index contributed by atoms with van der Waals surface area (Å²) in [5, 5.41) is 22.4. The largest absolute Gasteiger partial charge is 0.507 e. The third-order valence-electron chi connectivity index (χ3n) is 6.01. The maximum Gasteiger partial charge on any atom is 0.153 e. The molecule has 0 amide bonds. The van der Waals surface area contributed by atoms with Crippen molar-refractivity contribution in [3.8, 4) is 33.4 Å². The van der Waals surface area contributed by atoms with Crippen LogP contribution in [0.25, 0.3) is 10.4 Å². The zero-order valence-corrected chi connectivity index (χ0v) is 22.2. The Morgan fingerprint density at radius 2 is 1.35 bits per heavy atom. The summed E-state index contributed by atoms with van der Waals surface area (Å²) in [5.41, 5.74) is 5.23. The second-order valence-corrected chi connectivity index (χ2v) is 9.99. The van der Waals surface area contributed by atoms with E-state index in [2.05, 4.69) is 0 Å². The molecule has 0 saturated heterocycles. The molecule has 0 bridgehead atoms. The first-order chi connectivity index (χ1) is 17.7. The van der Waals surface area contributed by atoms with Gasteiger partial charge in [-0.3, -0.25) is 9.59 Å². The predicted molar refractivity (Wildman–Crippen MR) is 145 cm³/mol. The van der Waals surface area contributed by atoms with Crippen molar-refractivity contribution in [3.05, 3.63) is 91.3 Å². The number of aldehydes is 2. The van der Waals surface area contributed by atoms with Crippen LogP contribution in [0.4, 0.5) is 0 Å². The van der Waals surface area contributed by atoms with Gasteiger partial charge in [-0.2, -0.15) is 0 Å². The molecule has 3 aromatic carbocycles. The van der Waals surface area contributed by atoms with Crippen molar-refractivity contribution >= 4 is 47.1 Å². The zero-order chi connectivity index (χ0) is 26.7. The Morgan fingerprint density at radius 3 is 1.89 bits per heavy atom. The number of rotatable bonds is 9. The first-order valence-electron chi connectivity index (χ1n) is 11.1. The van der Waals surface area contributed by atoms with E-state index in [9.17, 15) is 19.8 Å². The molecule has 6 nitrogen and oxygen atoms in total. The topological polar surface area (TPSA) is 93.1 Å². The van der Waals surface area contributed by atoms with E-state index in [0.29, 0.717) is 12.6 Å². The first kappa shape index (κ1) is 26.5. The molecule has 0 saturated carbocycles. The van der Waals surface area contributed by atoms with E-state index >= 15 is 0 Å². The molecule has 0 fully saturated rings. The number of aromatic hydroxyl groups is 2. The van der Waals surface area contributed by atoms with Crippen LogP contribution in [0.2, 0.25) is 10.0 Å². The van der Waals surface area contributed by atoms with Gasteiger partial charge in [-0.15, -0.1) is 11.3 Å². The minimum absolute atomic E-state index is 0.0977. The van der Waals surface area contributed by atoms with Gasteiger partial charge in [-0.25, -0.2) is 0 Å². The van der Waals surface area contributed by atoms with Crippen LogP contribution in [0.1, 0.15) is 43.0 Å². The lowest BCUT2D eigenvalue weighted by Crippen LogP contribution is -2.00. The smallest absolute Gasteiger partial charge is 0.153 e. The first-order valence-corrected chi connectivity index (χ1v) is 12.7. The highest BCUT2D eigenvalue weighted by atomic mass is 35.5. The van der Waals surface area contributed by atoms with Gasteiger partial charge < -0.3 is 19.7 Å². The van der Waals surface area contributed by atoms with Crippen molar-refractivity contribution in [2.45, 2.75) is 27.1 Å². The summed E-state index contributed by atoms with van der Waals surface area (Å²) in [4.78, 5) is 23.0. The maximum absolute atomic E-state index is 11.0. The van der Waals surface area contributed by atoms with Crippen molar-refractivity contribution in [3.63, 3.8) is 0 Å². The van der Waals surface area contributed by atoms with Crippen LogP contribution in [0, 0.1) is 13.8 Å². The van der Waals surface area contributed by atoms with Crippen LogP contribution in [0.5, 0.6) is 23.0 Å². The van der Waals surface area contributed by atoms with Crippen molar-refractivity contribution in [1.29, 1.82) is 0 Å². The summed E-state index contributed by atoms with van der Waals surface area (Å²) in [7, 11) is 0. The van der Waals surface area contributed by atoms with Gasteiger partial charge >= 0.3 is 0 Å². The molecular formula is C28H22Cl2O6S. The number of hydrogen-bond acceptors (Lipinski definition) is 7. The molecule has 0 aliphatic carbocycles. The maximum atomic E-state index is 11.0. The van der Waals surface area contributed by atoms with Gasteiger partial charge in [0.05, 0.1) is 21.2 Å². The van der Waals surface area contributed by atoms with E-state index in [1.54, 1.807) is 11.3 Å². The molecule has 1 aromatic heterocycles. The normalized spacial score (nSPS) is 10.8. The van der Waals surface area contributed by atoms with Crippen LogP contribution < -0.4 is 9.47 Å². The standard InChI is InChI=1S/C28H22Cl2O6S/c1-15-17(12-35-26-8-24(33)18(10-31)6-22(26)29)4-3-5-21(15)28-16(2)20(14-37-28)13-36-27-9-25(34)19(11-32)7-23(27)30/h3-11,14,33-34H,12-13H2,1-2H3. The van der Waals surface area contributed by atoms with Crippen LogP contribution in [-0.4, -0.2) is 22.8 Å². The van der Waals surface area contributed by atoms with Crippen molar-refractivity contribution < 1.29 is 29.3 Å². The fourth-order valence-electron chi connectivity index (χ4n) is 3.78. The second kappa shape index (κ2) is 11.3. The summed E-state index contributed by atoms with van der Waals surface area (Å²) in [6.45, 7) is 4.48. The number of carbonyl (C=O) groups is 2. The van der Waals surface area contributed by atoms with E-state index in [4.69, 9.17) is 32.7 Å². The van der Waals surface area contributed by atoms with Crippen molar-refractivity contribution in [2.24, 2.45) is 0 Å². The molecule has 9 heteroatoms. The van der Waals surface area contributed by atoms with E-state index in [0.717, 1.165) is 32.7 Å². The van der Waals surface area contributed by atoms with Crippen LogP contribution in [-0.2, 0) is 13.2 Å². The Labute approximate surface area is 227 Å². The number of phenolic OH excluding ortho intramolecular Hbond substituents is 2. The molecule has 1 heterocycles. The van der Waals surface area contributed by atoms with Crippen LogP contribution in [0.15, 0.2) is 47.8 Å². The molecule has 0 unspecified atom stereocenters. The molecule has 4 aromatic rings. The van der Waals surface area contributed by atoms with Crippen molar-refractivity contribution in [1.82, 2.24) is 0 Å². The molecule has 0 radical (unpaired) electrons. The van der Waals surface area contributed by atoms with E-state index in [1.807, 2.05) is 37.4 Å². The number of phenols is 2. The Balaban J connectivity index is 1.52. The third kappa shape index (κ3) is 5.59. The highest BCUT2D eigenvalue weighted by molar-refractivity contribution is 7.14. The van der Waals surface area contributed by atoms with Gasteiger partial charge in [-0.1, -0.05) is 41.4 Å². The molecule has 2 N–H and O–H groups in total. The quantitative estimate of drug-likeness (QED) is 0.207. The number of benzene rings is 3. The Hall–Kier alpha value is -3.52. The molecule has 0 spiro atoms. The lowest BCUT2D eigenvalue weighted by molar-refractivity contribution is 0.111.